The van der Waals surface area contributed by atoms with Crippen molar-refractivity contribution < 1.29 is 23.7 Å². The Bertz CT molecular complexity index is 181. The lowest BCUT2D eigenvalue weighted by Gasteiger charge is -2.13. The molecule has 1 fully saturated rings. The largest absolute Gasteiger partial charge is 0.469 e. The molecule has 0 spiro atoms. The number of ether oxygens (including phenoxy) is 4. The molecule has 0 aliphatic carbocycles. The highest BCUT2D eigenvalue weighted by Gasteiger charge is 2.40. The number of hydrogen-bond donors (Lipinski definition) is 0. The highest BCUT2D eigenvalue weighted by atomic mass is 16.8. The molecular formula is C8H14O5. The normalized spacial score (nSPS) is 33.3. The lowest BCUT2D eigenvalue weighted by atomic mass is 10.1. The lowest BCUT2D eigenvalue weighted by molar-refractivity contribution is -0.197. The number of rotatable bonds is 3. The maximum atomic E-state index is 11.2. The third kappa shape index (κ3) is 2.18. The molecule has 0 aromatic rings. The van der Waals surface area contributed by atoms with Gasteiger partial charge in [-0.15, -0.1) is 0 Å². The van der Waals surface area contributed by atoms with Gasteiger partial charge in [0.1, 0.15) is 5.92 Å². The van der Waals surface area contributed by atoms with Gasteiger partial charge >= 0.3 is 5.97 Å². The van der Waals surface area contributed by atoms with Crippen LogP contribution in [0, 0.1) is 5.92 Å². The van der Waals surface area contributed by atoms with Gasteiger partial charge in [-0.25, -0.2) is 0 Å². The average Bonchev–Trinajstić information content (AvgIpc) is 2.59. The predicted molar refractivity (Wildman–Crippen MR) is 42.8 cm³/mol. The molecule has 1 heterocycles. The number of esters is 1. The summed E-state index contributed by atoms with van der Waals surface area (Å²) in [5.74, 6) is -0.716. The molecule has 0 aromatic carbocycles. The van der Waals surface area contributed by atoms with Gasteiger partial charge in [0.25, 0.3) is 0 Å². The molecule has 0 radical (unpaired) electrons. The van der Waals surface area contributed by atoms with E-state index in [2.05, 4.69) is 4.74 Å². The quantitative estimate of drug-likeness (QED) is 0.592. The van der Waals surface area contributed by atoms with E-state index in [1.165, 1.54) is 21.3 Å². The van der Waals surface area contributed by atoms with Crippen molar-refractivity contribution in [3.8, 4) is 0 Å². The second-order valence-electron chi connectivity index (χ2n) is 2.77. The Morgan fingerprint density at radius 2 is 2.00 bits per heavy atom. The molecule has 5 heteroatoms. The first-order chi connectivity index (χ1) is 6.22. The van der Waals surface area contributed by atoms with Crippen LogP contribution in [0.4, 0.5) is 0 Å². The maximum Gasteiger partial charge on any atom is 0.314 e. The van der Waals surface area contributed by atoms with Gasteiger partial charge < -0.3 is 18.9 Å². The van der Waals surface area contributed by atoms with Crippen molar-refractivity contribution in [2.45, 2.75) is 19.0 Å². The van der Waals surface area contributed by atoms with E-state index >= 15 is 0 Å². The van der Waals surface area contributed by atoms with Gasteiger partial charge in [-0.1, -0.05) is 0 Å². The van der Waals surface area contributed by atoms with E-state index in [4.69, 9.17) is 14.2 Å². The van der Waals surface area contributed by atoms with Crippen LogP contribution < -0.4 is 0 Å². The highest BCUT2D eigenvalue weighted by Crippen LogP contribution is 2.28. The Hall–Kier alpha value is -0.650. The Labute approximate surface area is 76.9 Å². The van der Waals surface area contributed by atoms with E-state index < -0.39 is 6.29 Å². The van der Waals surface area contributed by atoms with E-state index in [1.54, 1.807) is 0 Å². The van der Waals surface area contributed by atoms with Crippen molar-refractivity contribution in [3.05, 3.63) is 0 Å². The van der Waals surface area contributed by atoms with Crippen LogP contribution in [0.25, 0.3) is 0 Å². The van der Waals surface area contributed by atoms with Crippen molar-refractivity contribution in [3.63, 3.8) is 0 Å². The molecule has 5 nitrogen and oxygen atoms in total. The fourth-order valence-corrected chi connectivity index (χ4v) is 1.35. The second kappa shape index (κ2) is 4.55. The van der Waals surface area contributed by atoms with Crippen molar-refractivity contribution in [2.24, 2.45) is 5.92 Å². The first-order valence-corrected chi connectivity index (χ1v) is 4.01. The van der Waals surface area contributed by atoms with E-state index in [0.29, 0.717) is 6.42 Å². The Balaban J connectivity index is 2.57. The zero-order chi connectivity index (χ0) is 9.84. The number of hydrogen-bond acceptors (Lipinski definition) is 5. The molecule has 1 rings (SSSR count). The first kappa shape index (κ1) is 10.4. The lowest BCUT2D eigenvalue weighted by Crippen LogP contribution is -2.26. The van der Waals surface area contributed by atoms with Crippen LogP contribution >= 0.6 is 0 Å². The number of carbonyl (C=O) groups excluding carboxylic acids is 1. The van der Waals surface area contributed by atoms with Crippen molar-refractivity contribution in [1.29, 1.82) is 0 Å². The van der Waals surface area contributed by atoms with E-state index in [1.807, 2.05) is 0 Å². The standard InChI is InChI=1S/C8H14O5/c1-10-6-4-5(7(9)11-2)8(12-3)13-6/h5-6,8H,4H2,1-3H3. The summed E-state index contributed by atoms with van der Waals surface area (Å²) in [6.45, 7) is 0. The van der Waals surface area contributed by atoms with Gasteiger partial charge in [0.05, 0.1) is 7.11 Å². The number of methoxy groups -OCH3 is 3. The molecule has 1 aliphatic rings. The van der Waals surface area contributed by atoms with E-state index in [0.717, 1.165) is 0 Å². The molecule has 0 amide bonds. The SMILES string of the molecule is COC(=O)C1CC(OC)OC1OC. The summed E-state index contributed by atoms with van der Waals surface area (Å²) in [4.78, 5) is 11.2. The summed E-state index contributed by atoms with van der Waals surface area (Å²) in [6.07, 6.45) is -0.465. The molecule has 1 saturated heterocycles. The van der Waals surface area contributed by atoms with Crippen LogP contribution in [0.2, 0.25) is 0 Å². The first-order valence-electron chi connectivity index (χ1n) is 4.01. The van der Waals surface area contributed by atoms with Gasteiger partial charge in [-0.05, 0) is 0 Å². The third-order valence-corrected chi connectivity index (χ3v) is 2.06. The number of carbonyl (C=O) groups is 1. The van der Waals surface area contributed by atoms with Crippen LogP contribution in [0.1, 0.15) is 6.42 Å². The molecule has 0 N–H and O–H groups in total. The topological polar surface area (TPSA) is 54.0 Å². The zero-order valence-corrected chi connectivity index (χ0v) is 7.98. The average molecular weight is 190 g/mol. The highest BCUT2D eigenvalue weighted by molar-refractivity contribution is 5.73. The summed E-state index contributed by atoms with van der Waals surface area (Å²) < 4.78 is 19.8. The maximum absolute atomic E-state index is 11.2. The van der Waals surface area contributed by atoms with Gasteiger partial charge in [0, 0.05) is 20.6 Å². The summed E-state index contributed by atoms with van der Waals surface area (Å²) in [5.41, 5.74) is 0. The molecule has 0 aromatic heterocycles. The minimum absolute atomic E-state index is 0.327. The summed E-state index contributed by atoms with van der Waals surface area (Å²) >= 11 is 0. The summed E-state index contributed by atoms with van der Waals surface area (Å²) in [7, 11) is 4.35. The summed E-state index contributed by atoms with van der Waals surface area (Å²) in [6, 6.07) is 0. The van der Waals surface area contributed by atoms with E-state index in [-0.39, 0.29) is 18.2 Å². The van der Waals surface area contributed by atoms with Crippen molar-refractivity contribution in [1.82, 2.24) is 0 Å². The van der Waals surface area contributed by atoms with Gasteiger partial charge in [-0.3, -0.25) is 4.79 Å². The van der Waals surface area contributed by atoms with Crippen LogP contribution in [0.15, 0.2) is 0 Å². The molecule has 0 saturated carbocycles. The van der Waals surface area contributed by atoms with Crippen LogP contribution in [0.5, 0.6) is 0 Å². The Kier molecular flexibility index (Phi) is 3.65. The zero-order valence-electron chi connectivity index (χ0n) is 7.98. The Morgan fingerprint density at radius 1 is 1.31 bits per heavy atom. The van der Waals surface area contributed by atoms with Crippen molar-refractivity contribution in [2.75, 3.05) is 21.3 Å². The molecule has 3 atom stereocenters. The third-order valence-electron chi connectivity index (χ3n) is 2.06. The second-order valence-corrected chi connectivity index (χ2v) is 2.77. The minimum Gasteiger partial charge on any atom is -0.469 e. The molecule has 76 valence electrons. The van der Waals surface area contributed by atoms with Crippen LogP contribution in [-0.2, 0) is 23.7 Å². The van der Waals surface area contributed by atoms with Crippen LogP contribution in [0.3, 0.4) is 0 Å². The smallest absolute Gasteiger partial charge is 0.314 e. The Morgan fingerprint density at radius 3 is 2.46 bits per heavy atom. The van der Waals surface area contributed by atoms with E-state index in [9.17, 15) is 4.79 Å². The van der Waals surface area contributed by atoms with Crippen LogP contribution in [-0.4, -0.2) is 39.9 Å². The minimum atomic E-state index is -0.558. The van der Waals surface area contributed by atoms with Gasteiger partial charge in [0.2, 0.25) is 0 Å². The summed E-state index contributed by atoms with van der Waals surface area (Å²) in [5, 5.41) is 0. The fourth-order valence-electron chi connectivity index (χ4n) is 1.35. The van der Waals surface area contributed by atoms with Gasteiger partial charge in [-0.2, -0.15) is 0 Å². The predicted octanol–water partition coefficient (Wildman–Crippen LogP) is 0.141. The molecule has 3 unspecified atom stereocenters. The monoisotopic (exact) mass is 190 g/mol. The molecule has 0 bridgehead atoms. The molecule has 1 aliphatic heterocycles. The van der Waals surface area contributed by atoms with Gasteiger partial charge in [0.15, 0.2) is 12.6 Å². The molecular weight excluding hydrogens is 176 g/mol. The van der Waals surface area contributed by atoms with Crippen molar-refractivity contribution >= 4 is 5.97 Å². The fraction of sp³-hybridized carbons (Fsp3) is 0.875. The molecule has 13 heavy (non-hydrogen) atoms.